The van der Waals surface area contributed by atoms with Gasteiger partial charge in [-0.2, -0.15) is 5.10 Å². The second kappa shape index (κ2) is 4.65. The van der Waals surface area contributed by atoms with Gasteiger partial charge < -0.3 is 10.5 Å². The fourth-order valence-electron chi connectivity index (χ4n) is 1.92. The van der Waals surface area contributed by atoms with Crippen molar-refractivity contribution in [1.82, 2.24) is 5.01 Å². The van der Waals surface area contributed by atoms with E-state index in [9.17, 15) is 4.79 Å². The summed E-state index contributed by atoms with van der Waals surface area (Å²) in [6.45, 7) is 9.84. The second-order valence-electron chi connectivity index (χ2n) is 4.02. The first kappa shape index (κ1) is 12.7. The first-order chi connectivity index (χ1) is 7.45. The highest BCUT2D eigenvalue weighted by molar-refractivity contribution is 6.03. The quantitative estimate of drug-likeness (QED) is 0.565. The van der Waals surface area contributed by atoms with Crippen LogP contribution in [0.3, 0.4) is 0 Å². The SMILES string of the molecule is C=CCN1N=C(C)C(C(=O)OCC)C1(C)N. The molecule has 0 aromatic carbocycles. The third kappa shape index (κ3) is 2.09. The number of carbonyl (C=O) groups is 1. The van der Waals surface area contributed by atoms with E-state index < -0.39 is 11.6 Å². The van der Waals surface area contributed by atoms with Gasteiger partial charge in [0.15, 0.2) is 0 Å². The predicted octanol–water partition coefficient (Wildman–Crippen LogP) is 0.718. The lowest BCUT2D eigenvalue weighted by atomic mass is 9.92. The molecule has 0 saturated heterocycles. The molecule has 1 aliphatic rings. The molecule has 0 saturated carbocycles. The summed E-state index contributed by atoms with van der Waals surface area (Å²) in [5.74, 6) is -0.826. The lowest BCUT2D eigenvalue weighted by Crippen LogP contribution is -2.56. The Kier molecular flexibility index (Phi) is 3.70. The number of carbonyl (C=O) groups excluding carboxylic acids is 1. The van der Waals surface area contributed by atoms with Crippen molar-refractivity contribution in [1.29, 1.82) is 0 Å². The third-order valence-corrected chi connectivity index (χ3v) is 2.66. The summed E-state index contributed by atoms with van der Waals surface area (Å²) >= 11 is 0. The summed E-state index contributed by atoms with van der Waals surface area (Å²) in [6.07, 6.45) is 1.70. The Hall–Kier alpha value is -1.36. The molecule has 5 heteroatoms. The molecule has 2 unspecified atom stereocenters. The first-order valence-corrected chi connectivity index (χ1v) is 5.34. The van der Waals surface area contributed by atoms with Crippen molar-refractivity contribution in [3.8, 4) is 0 Å². The minimum Gasteiger partial charge on any atom is -0.465 e. The lowest BCUT2D eigenvalue weighted by molar-refractivity contribution is -0.148. The number of nitrogens with two attached hydrogens (primary N) is 1. The van der Waals surface area contributed by atoms with E-state index in [0.29, 0.717) is 18.9 Å². The van der Waals surface area contributed by atoms with Crippen LogP contribution < -0.4 is 5.73 Å². The first-order valence-electron chi connectivity index (χ1n) is 5.34. The maximum absolute atomic E-state index is 11.8. The van der Waals surface area contributed by atoms with Crippen LogP contribution in [0.4, 0.5) is 0 Å². The Bertz CT molecular complexity index is 323. The van der Waals surface area contributed by atoms with E-state index in [1.54, 1.807) is 31.9 Å². The van der Waals surface area contributed by atoms with Crippen LogP contribution in [0.25, 0.3) is 0 Å². The highest BCUT2D eigenvalue weighted by atomic mass is 16.5. The van der Waals surface area contributed by atoms with Crippen LogP contribution >= 0.6 is 0 Å². The van der Waals surface area contributed by atoms with Crippen molar-refractivity contribution in [2.45, 2.75) is 26.4 Å². The number of hydrazone groups is 1. The van der Waals surface area contributed by atoms with Crippen molar-refractivity contribution in [3.05, 3.63) is 12.7 Å². The molecule has 0 fully saturated rings. The molecule has 1 aliphatic heterocycles. The van der Waals surface area contributed by atoms with E-state index in [0.717, 1.165) is 0 Å². The average Bonchev–Trinajstić information content (AvgIpc) is 2.38. The highest BCUT2D eigenvalue weighted by Crippen LogP contribution is 2.29. The number of esters is 1. The van der Waals surface area contributed by atoms with Gasteiger partial charge in [0.25, 0.3) is 0 Å². The van der Waals surface area contributed by atoms with Crippen molar-refractivity contribution >= 4 is 11.7 Å². The smallest absolute Gasteiger partial charge is 0.318 e. The minimum atomic E-state index is -0.843. The fourth-order valence-corrected chi connectivity index (χ4v) is 1.92. The summed E-state index contributed by atoms with van der Waals surface area (Å²) in [7, 11) is 0. The molecule has 1 rings (SSSR count). The molecule has 2 atom stereocenters. The molecule has 0 aromatic heterocycles. The summed E-state index contributed by atoms with van der Waals surface area (Å²) in [6, 6.07) is 0. The van der Waals surface area contributed by atoms with E-state index in [4.69, 9.17) is 10.5 Å². The Morgan fingerprint density at radius 1 is 1.81 bits per heavy atom. The van der Waals surface area contributed by atoms with Gasteiger partial charge in [-0.05, 0) is 20.8 Å². The zero-order valence-electron chi connectivity index (χ0n) is 10.1. The number of rotatable bonds is 4. The molecule has 0 spiro atoms. The predicted molar refractivity (Wildman–Crippen MR) is 62.7 cm³/mol. The zero-order valence-corrected chi connectivity index (χ0v) is 10.1. The highest BCUT2D eigenvalue weighted by Gasteiger charge is 2.47. The van der Waals surface area contributed by atoms with Crippen LogP contribution in [-0.2, 0) is 9.53 Å². The fraction of sp³-hybridized carbons (Fsp3) is 0.636. The van der Waals surface area contributed by atoms with E-state index in [2.05, 4.69) is 11.7 Å². The summed E-state index contributed by atoms with van der Waals surface area (Å²) < 4.78 is 5.01. The average molecular weight is 225 g/mol. The van der Waals surface area contributed by atoms with Gasteiger partial charge in [0.05, 0.1) is 18.9 Å². The van der Waals surface area contributed by atoms with Gasteiger partial charge in [-0.25, -0.2) is 0 Å². The van der Waals surface area contributed by atoms with Crippen LogP contribution in [0.1, 0.15) is 20.8 Å². The molecular formula is C11H19N3O2. The lowest BCUT2D eigenvalue weighted by Gasteiger charge is -2.33. The van der Waals surface area contributed by atoms with Crippen LogP contribution in [0, 0.1) is 5.92 Å². The van der Waals surface area contributed by atoms with Crippen molar-refractivity contribution in [2.75, 3.05) is 13.2 Å². The molecule has 0 aromatic rings. The number of ether oxygens (including phenoxy) is 1. The molecule has 0 amide bonds. The third-order valence-electron chi connectivity index (χ3n) is 2.66. The summed E-state index contributed by atoms with van der Waals surface area (Å²) in [4.78, 5) is 11.8. The second-order valence-corrected chi connectivity index (χ2v) is 4.02. The van der Waals surface area contributed by atoms with E-state index in [-0.39, 0.29) is 5.97 Å². The van der Waals surface area contributed by atoms with Gasteiger partial charge in [0.1, 0.15) is 11.6 Å². The van der Waals surface area contributed by atoms with Crippen LogP contribution in [0.15, 0.2) is 17.8 Å². The van der Waals surface area contributed by atoms with Crippen LogP contribution in [0.5, 0.6) is 0 Å². The van der Waals surface area contributed by atoms with Crippen molar-refractivity contribution in [3.63, 3.8) is 0 Å². The molecule has 0 bridgehead atoms. The molecule has 0 radical (unpaired) electrons. The molecule has 90 valence electrons. The largest absolute Gasteiger partial charge is 0.465 e. The van der Waals surface area contributed by atoms with Gasteiger partial charge in [-0.1, -0.05) is 6.08 Å². The van der Waals surface area contributed by atoms with E-state index in [1.807, 2.05) is 0 Å². The molecule has 16 heavy (non-hydrogen) atoms. The number of hydrogen-bond donors (Lipinski definition) is 1. The van der Waals surface area contributed by atoms with Gasteiger partial charge in [0.2, 0.25) is 0 Å². The van der Waals surface area contributed by atoms with Crippen LogP contribution in [-0.4, -0.2) is 35.5 Å². The topological polar surface area (TPSA) is 67.9 Å². The Balaban J connectivity index is 2.91. The van der Waals surface area contributed by atoms with Gasteiger partial charge in [0, 0.05) is 0 Å². The number of nitrogens with zero attached hydrogens (tertiary/aromatic N) is 2. The standard InChI is InChI=1S/C11H19N3O2/c1-5-7-14-11(4,12)9(8(3)13-14)10(15)16-6-2/h5,9H,1,6-7,12H2,2-4H3. The van der Waals surface area contributed by atoms with Gasteiger partial charge in [-0.3, -0.25) is 9.80 Å². The van der Waals surface area contributed by atoms with Gasteiger partial charge >= 0.3 is 5.97 Å². The van der Waals surface area contributed by atoms with Crippen LogP contribution in [0.2, 0.25) is 0 Å². The Labute approximate surface area is 95.9 Å². The monoisotopic (exact) mass is 225 g/mol. The normalized spacial score (nSPS) is 28.9. The minimum absolute atomic E-state index is 0.319. The van der Waals surface area contributed by atoms with Crippen molar-refractivity contribution in [2.24, 2.45) is 16.8 Å². The maximum Gasteiger partial charge on any atom is 0.318 e. The van der Waals surface area contributed by atoms with E-state index in [1.165, 1.54) is 0 Å². The summed E-state index contributed by atoms with van der Waals surface area (Å²) in [5.41, 5.74) is 5.98. The maximum atomic E-state index is 11.8. The molecule has 1 heterocycles. The zero-order chi connectivity index (χ0) is 12.3. The molecular weight excluding hydrogens is 206 g/mol. The van der Waals surface area contributed by atoms with E-state index >= 15 is 0 Å². The molecule has 0 aliphatic carbocycles. The summed E-state index contributed by atoms with van der Waals surface area (Å²) in [5, 5.41) is 5.93. The number of hydrogen-bond acceptors (Lipinski definition) is 5. The Morgan fingerprint density at radius 3 is 2.94 bits per heavy atom. The van der Waals surface area contributed by atoms with Crippen molar-refractivity contribution < 1.29 is 9.53 Å². The van der Waals surface area contributed by atoms with Gasteiger partial charge in [-0.15, -0.1) is 6.58 Å². The Morgan fingerprint density at radius 2 is 2.44 bits per heavy atom. The molecule has 5 nitrogen and oxygen atoms in total. The molecule has 2 N–H and O–H groups in total.